The van der Waals surface area contributed by atoms with E-state index in [-0.39, 0.29) is 11.3 Å². The number of rotatable bonds is 3. The Morgan fingerprint density at radius 3 is 2.28 bits per heavy atom. The minimum Gasteiger partial charge on any atom is -0.378 e. The fraction of sp³-hybridized carbons (Fsp3) is 0.200. The third-order valence-corrected chi connectivity index (χ3v) is 4.50. The van der Waals surface area contributed by atoms with Crippen LogP contribution in [0.4, 0.5) is 5.82 Å². The average molecular weight is 334 g/mol. The van der Waals surface area contributed by atoms with Crippen LogP contribution in [0, 0.1) is 0 Å². The van der Waals surface area contributed by atoms with Crippen LogP contribution >= 0.6 is 0 Å². The van der Waals surface area contributed by atoms with E-state index in [9.17, 15) is 9.59 Å². The Bertz CT molecular complexity index is 973. The molecule has 1 N–H and O–H groups in total. The van der Waals surface area contributed by atoms with Gasteiger partial charge in [0.1, 0.15) is 5.82 Å². The van der Waals surface area contributed by atoms with E-state index in [0.717, 1.165) is 0 Å². The number of anilines is 1. The number of fused-ring (bicyclic) bond motifs is 1. The molecule has 1 fully saturated rings. The molecule has 5 heteroatoms. The van der Waals surface area contributed by atoms with Crippen LogP contribution < -0.4 is 10.5 Å². The molecule has 25 heavy (non-hydrogen) atoms. The smallest absolute Gasteiger partial charge is 0.257 e. The normalized spacial score (nSPS) is 14.6. The lowest BCUT2D eigenvalue weighted by Crippen LogP contribution is -2.38. The highest BCUT2D eigenvalue weighted by Gasteiger charge is 2.24. The lowest BCUT2D eigenvalue weighted by atomic mass is 9.97. The lowest BCUT2D eigenvalue weighted by molar-refractivity contribution is 0.103. The maximum Gasteiger partial charge on any atom is 0.257 e. The van der Waals surface area contributed by atoms with Crippen LogP contribution in [-0.4, -0.2) is 37.1 Å². The zero-order valence-electron chi connectivity index (χ0n) is 13.7. The number of ether oxygens (including phenoxy) is 1. The molecule has 126 valence electrons. The van der Waals surface area contributed by atoms with Gasteiger partial charge in [0, 0.05) is 29.4 Å². The number of carbonyl (C=O) groups is 1. The van der Waals surface area contributed by atoms with Crippen molar-refractivity contribution >= 4 is 22.4 Å². The average Bonchev–Trinajstić information content (AvgIpc) is 2.69. The lowest BCUT2D eigenvalue weighted by Gasteiger charge is -2.30. The number of hydrogen-bond donors (Lipinski definition) is 1. The molecule has 0 bridgehead atoms. The maximum atomic E-state index is 13.3. The number of aromatic amines is 1. The van der Waals surface area contributed by atoms with Crippen molar-refractivity contribution in [3.63, 3.8) is 0 Å². The number of pyridine rings is 1. The molecule has 0 amide bonds. The Kier molecular flexibility index (Phi) is 4.07. The molecule has 4 rings (SSSR count). The Hall–Kier alpha value is -2.92. The summed E-state index contributed by atoms with van der Waals surface area (Å²) in [6, 6.07) is 16.4. The summed E-state index contributed by atoms with van der Waals surface area (Å²) in [5, 5.41) is 1.21. The van der Waals surface area contributed by atoms with E-state index in [4.69, 9.17) is 4.74 Å². The number of morpholine rings is 1. The molecule has 5 nitrogen and oxygen atoms in total. The fourth-order valence-electron chi connectivity index (χ4n) is 3.25. The van der Waals surface area contributed by atoms with Gasteiger partial charge in [0.2, 0.25) is 0 Å². The molecule has 0 atom stereocenters. The van der Waals surface area contributed by atoms with Gasteiger partial charge in [0.15, 0.2) is 5.78 Å². The van der Waals surface area contributed by atoms with Crippen LogP contribution in [0.1, 0.15) is 15.9 Å². The summed E-state index contributed by atoms with van der Waals surface area (Å²) in [6.45, 7) is 2.44. The van der Waals surface area contributed by atoms with E-state index in [2.05, 4.69) is 4.98 Å². The molecule has 2 heterocycles. The number of benzene rings is 2. The summed E-state index contributed by atoms with van der Waals surface area (Å²) < 4.78 is 5.41. The number of hydrogen-bond acceptors (Lipinski definition) is 4. The first-order valence-electron chi connectivity index (χ1n) is 8.33. The molecule has 1 saturated heterocycles. The zero-order valence-corrected chi connectivity index (χ0v) is 13.7. The molecular formula is C20H18N2O3. The monoisotopic (exact) mass is 334 g/mol. The zero-order chi connectivity index (χ0) is 17.2. The van der Waals surface area contributed by atoms with Crippen molar-refractivity contribution < 1.29 is 9.53 Å². The van der Waals surface area contributed by atoms with Crippen LogP contribution in [-0.2, 0) is 4.74 Å². The van der Waals surface area contributed by atoms with Gasteiger partial charge in [-0.2, -0.15) is 0 Å². The van der Waals surface area contributed by atoms with Crippen LogP contribution in [0.3, 0.4) is 0 Å². The molecule has 1 aliphatic rings. The SMILES string of the molecule is O=C(c1ccccc1)c1c(N2CCOCC2)[nH]c(=O)c2ccccc12. The van der Waals surface area contributed by atoms with Crippen molar-refractivity contribution in [3.8, 4) is 0 Å². The second kappa shape index (κ2) is 6.53. The van der Waals surface area contributed by atoms with E-state index >= 15 is 0 Å². The van der Waals surface area contributed by atoms with Crippen molar-refractivity contribution in [1.29, 1.82) is 0 Å². The van der Waals surface area contributed by atoms with E-state index in [1.807, 2.05) is 41.3 Å². The number of H-pyrrole nitrogens is 1. The molecule has 0 radical (unpaired) electrons. The van der Waals surface area contributed by atoms with Gasteiger partial charge in [0.05, 0.1) is 18.8 Å². The highest BCUT2D eigenvalue weighted by Crippen LogP contribution is 2.27. The molecule has 0 unspecified atom stereocenters. The molecule has 3 aromatic rings. The van der Waals surface area contributed by atoms with E-state index in [1.54, 1.807) is 18.2 Å². The van der Waals surface area contributed by atoms with E-state index in [1.165, 1.54) is 0 Å². The highest BCUT2D eigenvalue weighted by atomic mass is 16.5. The minimum atomic E-state index is -0.179. The van der Waals surface area contributed by atoms with Gasteiger partial charge < -0.3 is 14.6 Å². The first-order chi connectivity index (χ1) is 12.3. The third-order valence-electron chi connectivity index (χ3n) is 4.50. The predicted octanol–water partition coefficient (Wildman–Crippen LogP) is 2.60. The van der Waals surface area contributed by atoms with Gasteiger partial charge in [-0.25, -0.2) is 0 Å². The van der Waals surface area contributed by atoms with Gasteiger partial charge >= 0.3 is 0 Å². The van der Waals surface area contributed by atoms with Crippen molar-refractivity contribution in [2.75, 3.05) is 31.2 Å². The number of nitrogens with one attached hydrogen (secondary N) is 1. The predicted molar refractivity (Wildman–Crippen MR) is 97.5 cm³/mol. The molecule has 0 aliphatic carbocycles. The summed E-state index contributed by atoms with van der Waals surface area (Å²) in [5.41, 5.74) is 0.971. The van der Waals surface area contributed by atoms with Gasteiger partial charge in [0.25, 0.3) is 5.56 Å². The Morgan fingerprint density at radius 1 is 0.920 bits per heavy atom. The Balaban J connectivity index is 1.97. The van der Waals surface area contributed by atoms with Crippen molar-refractivity contribution in [1.82, 2.24) is 4.98 Å². The molecule has 1 aromatic heterocycles. The summed E-state index contributed by atoms with van der Waals surface area (Å²) in [6.07, 6.45) is 0. The molecular weight excluding hydrogens is 316 g/mol. The van der Waals surface area contributed by atoms with Crippen molar-refractivity contribution in [2.45, 2.75) is 0 Å². The largest absolute Gasteiger partial charge is 0.378 e. The summed E-state index contributed by atoms with van der Waals surface area (Å²) in [5.74, 6) is 0.496. The van der Waals surface area contributed by atoms with Crippen molar-refractivity contribution in [3.05, 3.63) is 76.1 Å². The van der Waals surface area contributed by atoms with E-state index in [0.29, 0.717) is 54.0 Å². The summed E-state index contributed by atoms with van der Waals surface area (Å²) in [4.78, 5) is 30.7. The molecule has 1 aliphatic heterocycles. The molecule has 2 aromatic carbocycles. The quantitative estimate of drug-likeness (QED) is 0.748. The number of carbonyl (C=O) groups excluding carboxylic acids is 1. The third kappa shape index (κ3) is 2.83. The number of ketones is 1. The Labute approximate surface area is 144 Å². The van der Waals surface area contributed by atoms with Crippen LogP contribution in [0.5, 0.6) is 0 Å². The molecule has 0 saturated carbocycles. The maximum absolute atomic E-state index is 13.3. The first-order valence-corrected chi connectivity index (χ1v) is 8.33. The number of nitrogens with zero attached hydrogens (tertiary/aromatic N) is 1. The molecule has 0 spiro atoms. The second-order valence-electron chi connectivity index (χ2n) is 6.02. The first kappa shape index (κ1) is 15.6. The van der Waals surface area contributed by atoms with E-state index < -0.39 is 0 Å². The fourth-order valence-corrected chi connectivity index (χ4v) is 3.25. The van der Waals surface area contributed by atoms with Gasteiger partial charge in [-0.15, -0.1) is 0 Å². The van der Waals surface area contributed by atoms with Crippen LogP contribution in [0.25, 0.3) is 10.8 Å². The topological polar surface area (TPSA) is 62.4 Å². The van der Waals surface area contributed by atoms with Gasteiger partial charge in [-0.1, -0.05) is 48.5 Å². The minimum absolute atomic E-state index is 0.0884. The van der Waals surface area contributed by atoms with Gasteiger partial charge in [-0.3, -0.25) is 9.59 Å². The number of aromatic nitrogens is 1. The van der Waals surface area contributed by atoms with Crippen LogP contribution in [0.2, 0.25) is 0 Å². The Morgan fingerprint density at radius 2 is 1.56 bits per heavy atom. The van der Waals surface area contributed by atoms with Crippen molar-refractivity contribution in [2.24, 2.45) is 0 Å². The standard InChI is InChI=1S/C20H18N2O3/c23-18(14-6-2-1-3-7-14)17-15-8-4-5-9-16(15)20(24)21-19(17)22-10-12-25-13-11-22/h1-9H,10-13H2,(H,21,24). The second-order valence-corrected chi connectivity index (χ2v) is 6.02. The summed E-state index contributed by atoms with van der Waals surface area (Å²) >= 11 is 0. The van der Waals surface area contributed by atoms with Crippen LogP contribution in [0.15, 0.2) is 59.4 Å². The van der Waals surface area contributed by atoms with Gasteiger partial charge in [-0.05, 0) is 6.07 Å². The highest BCUT2D eigenvalue weighted by molar-refractivity contribution is 6.19. The summed E-state index contributed by atoms with van der Waals surface area (Å²) in [7, 11) is 0.